The summed E-state index contributed by atoms with van der Waals surface area (Å²) >= 11 is 0. The van der Waals surface area contributed by atoms with Crippen molar-refractivity contribution in [2.45, 2.75) is 52.4 Å². The number of carbonyl (C=O) groups is 1. The molecule has 0 bridgehead atoms. The third-order valence-corrected chi connectivity index (χ3v) is 3.98. The first-order valence-corrected chi connectivity index (χ1v) is 8.57. The number of hydrogen-bond acceptors (Lipinski definition) is 2. The standard InChI is InChI=1S/C21H26O2/c1-3-4-5-6-10-13-21(22)20-15-14-19(16-17(20)2)23-18-11-8-7-9-12-18/h7-9,11-12,14-16H,3-6,10,13H2,1-2H3. The monoisotopic (exact) mass is 310 g/mol. The average Bonchev–Trinajstić information content (AvgIpc) is 2.55. The van der Waals surface area contributed by atoms with Crippen molar-refractivity contribution < 1.29 is 9.53 Å². The molecule has 0 radical (unpaired) electrons. The normalized spacial score (nSPS) is 10.5. The fourth-order valence-electron chi connectivity index (χ4n) is 2.66. The molecule has 2 aromatic rings. The van der Waals surface area contributed by atoms with Crippen LogP contribution in [0.3, 0.4) is 0 Å². The van der Waals surface area contributed by atoms with E-state index in [-0.39, 0.29) is 5.78 Å². The highest BCUT2D eigenvalue weighted by Gasteiger charge is 2.10. The number of aryl methyl sites for hydroxylation is 1. The van der Waals surface area contributed by atoms with Gasteiger partial charge in [0.15, 0.2) is 5.78 Å². The minimum absolute atomic E-state index is 0.241. The van der Waals surface area contributed by atoms with E-state index in [0.717, 1.165) is 35.5 Å². The van der Waals surface area contributed by atoms with Gasteiger partial charge in [-0.15, -0.1) is 0 Å². The van der Waals surface area contributed by atoms with E-state index in [2.05, 4.69) is 6.92 Å². The number of hydrogen-bond donors (Lipinski definition) is 0. The topological polar surface area (TPSA) is 26.3 Å². The number of carbonyl (C=O) groups excluding carboxylic acids is 1. The number of benzene rings is 2. The summed E-state index contributed by atoms with van der Waals surface area (Å²) in [6.45, 7) is 4.18. The molecule has 2 aromatic carbocycles. The lowest BCUT2D eigenvalue weighted by Gasteiger charge is -2.09. The Hall–Kier alpha value is -2.09. The fraction of sp³-hybridized carbons (Fsp3) is 0.381. The molecule has 0 aromatic heterocycles. The van der Waals surface area contributed by atoms with Crippen LogP contribution in [0.25, 0.3) is 0 Å². The van der Waals surface area contributed by atoms with Crippen molar-refractivity contribution in [3.8, 4) is 11.5 Å². The van der Waals surface area contributed by atoms with Gasteiger partial charge in [-0.2, -0.15) is 0 Å². The predicted molar refractivity (Wildman–Crippen MR) is 95.4 cm³/mol. The van der Waals surface area contributed by atoms with Gasteiger partial charge >= 0.3 is 0 Å². The fourth-order valence-corrected chi connectivity index (χ4v) is 2.66. The molecule has 0 N–H and O–H groups in total. The lowest BCUT2D eigenvalue weighted by Crippen LogP contribution is -2.02. The predicted octanol–water partition coefficient (Wildman–Crippen LogP) is 6.33. The maximum absolute atomic E-state index is 12.3. The Labute approximate surface area is 139 Å². The van der Waals surface area contributed by atoms with Gasteiger partial charge in [0.1, 0.15) is 11.5 Å². The second-order valence-electron chi connectivity index (χ2n) is 5.98. The molecule has 2 rings (SSSR count). The number of Topliss-reactive ketones (excluding diaryl/α,β-unsaturated/α-hetero) is 1. The molecule has 0 amide bonds. The van der Waals surface area contributed by atoms with Crippen LogP contribution >= 0.6 is 0 Å². The van der Waals surface area contributed by atoms with Crippen LogP contribution < -0.4 is 4.74 Å². The number of para-hydroxylation sites is 1. The quantitative estimate of drug-likeness (QED) is 0.399. The highest BCUT2D eigenvalue weighted by atomic mass is 16.5. The van der Waals surface area contributed by atoms with Crippen LogP contribution in [0.1, 0.15) is 61.4 Å². The molecule has 0 aliphatic rings. The van der Waals surface area contributed by atoms with Crippen LogP contribution in [0.2, 0.25) is 0 Å². The van der Waals surface area contributed by atoms with Crippen LogP contribution in [0.5, 0.6) is 11.5 Å². The first kappa shape index (κ1) is 17.3. The molecule has 0 heterocycles. The van der Waals surface area contributed by atoms with Crippen molar-refractivity contribution in [3.63, 3.8) is 0 Å². The average molecular weight is 310 g/mol. The molecule has 2 heteroatoms. The van der Waals surface area contributed by atoms with Crippen molar-refractivity contribution in [1.29, 1.82) is 0 Å². The minimum atomic E-state index is 0.241. The maximum atomic E-state index is 12.3. The Morgan fingerprint density at radius 1 is 0.913 bits per heavy atom. The van der Waals surface area contributed by atoms with Gasteiger partial charge in [-0.25, -0.2) is 0 Å². The first-order valence-electron chi connectivity index (χ1n) is 8.57. The number of rotatable bonds is 9. The summed E-state index contributed by atoms with van der Waals surface area (Å²) in [4.78, 5) is 12.3. The van der Waals surface area contributed by atoms with Crippen LogP contribution in [-0.2, 0) is 0 Å². The summed E-state index contributed by atoms with van der Waals surface area (Å²) in [5.74, 6) is 1.82. The molecule has 122 valence electrons. The molecule has 0 unspecified atom stereocenters. The molecule has 2 nitrogen and oxygen atoms in total. The molecule has 23 heavy (non-hydrogen) atoms. The van der Waals surface area contributed by atoms with E-state index in [4.69, 9.17) is 4.74 Å². The smallest absolute Gasteiger partial charge is 0.163 e. The van der Waals surface area contributed by atoms with Gasteiger partial charge < -0.3 is 4.74 Å². The first-order chi connectivity index (χ1) is 11.2. The molecule has 0 saturated carbocycles. The molecule has 0 spiro atoms. The summed E-state index contributed by atoms with van der Waals surface area (Å²) in [6.07, 6.45) is 6.50. The number of unbranched alkanes of at least 4 members (excludes halogenated alkanes) is 4. The zero-order valence-electron chi connectivity index (χ0n) is 14.2. The summed E-state index contributed by atoms with van der Waals surface area (Å²) in [7, 11) is 0. The van der Waals surface area contributed by atoms with Crippen molar-refractivity contribution in [3.05, 3.63) is 59.7 Å². The summed E-state index contributed by atoms with van der Waals surface area (Å²) in [5.41, 5.74) is 1.80. The van der Waals surface area contributed by atoms with Crippen molar-refractivity contribution in [1.82, 2.24) is 0 Å². The van der Waals surface area contributed by atoms with E-state index in [1.165, 1.54) is 19.3 Å². The second-order valence-corrected chi connectivity index (χ2v) is 5.98. The number of ketones is 1. The van der Waals surface area contributed by atoms with Gasteiger partial charge in [0.2, 0.25) is 0 Å². The van der Waals surface area contributed by atoms with Crippen molar-refractivity contribution >= 4 is 5.78 Å². The van der Waals surface area contributed by atoms with Gasteiger partial charge in [0.25, 0.3) is 0 Å². The molecule has 0 aliphatic heterocycles. The molecular formula is C21H26O2. The van der Waals surface area contributed by atoms with Crippen LogP contribution in [0.4, 0.5) is 0 Å². The van der Waals surface area contributed by atoms with E-state index >= 15 is 0 Å². The Morgan fingerprint density at radius 3 is 2.35 bits per heavy atom. The maximum Gasteiger partial charge on any atom is 0.163 e. The van der Waals surface area contributed by atoms with Gasteiger partial charge in [-0.3, -0.25) is 4.79 Å². The van der Waals surface area contributed by atoms with Crippen LogP contribution in [-0.4, -0.2) is 5.78 Å². The summed E-state index contributed by atoms with van der Waals surface area (Å²) in [5, 5.41) is 0. The second kappa shape index (κ2) is 9.14. The van der Waals surface area contributed by atoms with Gasteiger partial charge in [-0.1, -0.05) is 50.8 Å². The third-order valence-electron chi connectivity index (χ3n) is 3.98. The van der Waals surface area contributed by atoms with Gasteiger partial charge in [0.05, 0.1) is 0 Å². The van der Waals surface area contributed by atoms with Crippen LogP contribution in [0.15, 0.2) is 48.5 Å². The summed E-state index contributed by atoms with van der Waals surface area (Å²) < 4.78 is 5.81. The molecule has 0 saturated heterocycles. The SMILES string of the molecule is CCCCCCCC(=O)c1ccc(Oc2ccccc2)cc1C. The molecular weight excluding hydrogens is 284 g/mol. The Bertz CT molecular complexity index is 617. The van der Waals surface area contributed by atoms with E-state index in [0.29, 0.717) is 6.42 Å². The minimum Gasteiger partial charge on any atom is -0.457 e. The van der Waals surface area contributed by atoms with E-state index < -0.39 is 0 Å². The third kappa shape index (κ3) is 5.55. The summed E-state index contributed by atoms with van der Waals surface area (Å²) in [6, 6.07) is 15.4. The molecule has 0 fully saturated rings. The van der Waals surface area contributed by atoms with E-state index in [1.807, 2.05) is 55.5 Å². The molecule has 0 aliphatic carbocycles. The van der Waals surface area contributed by atoms with Gasteiger partial charge in [0, 0.05) is 12.0 Å². The lowest BCUT2D eigenvalue weighted by molar-refractivity contribution is 0.0978. The Morgan fingerprint density at radius 2 is 1.65 bits per heavy atom. The van der Waals surface area contributed by atoms with Crippen molar-refractivity contribution in [2.24, 2.45) is 0 Å². The zero-order chi connectivity index (χ0) is 16.5. The van der Waals surface area contributed by atoms with E-state index in [9.17, 15) is 4.79 Å². The number of ether oxygens (including phenoxy) is 1. The molecule has 0 atom stereocenters. The lowest BCUT2D eigenvalue weighted by atomic mass is 9.99. The zero-order valence-corrected chi connectivity index (χ0v) is 14.2. The highest BCUT2D eigenvalue weighted by molar-refractivity contribution is 5.97. The highest BCUT2D eigenvalue weighted by Crippen LogP contribution is 2.24. The van der Waals surface area contributed by atoms with Crippen LogP contribution in [0, 0.1) is 6.92 Å². The van der Waals surface area contributed by atoms with Crippen molar-refractivity contribution in [2.75, 3.05) is 0 Å². The largest absolute Gasteiger partial charge is 0.457 e. The Balaban J connectivity index is 1.92. The van der Waals surface area contributed by atoms with Gasteiger partial charge in [-0.05, 0) is 49.2 Å². The van der Waals surface area contributed by atoms with E-state index in [1.54, 1.807) is 0 Å². The Kier molecular flexibility index (Phi) is 6.86.